The van der Waals surface area contributed by atoms with E-state index < -0.39 is 5.41 Å². The maximum atomic E-state index is 13.0. The fourth-order valence-corrected chi connectivity index (χ4v) is 2.88. The Balaban J connectivity index is 1.77. The van der Waals surface area contributed by atoms with Gasteiger partial charge < -0.3 is 0 Å². The van der Waals surface area contributed by atoms with Crippen LogP contribution in [-0.2, 0) is 16.6 Å². The van der Waals surface area contributed by atoms with E-state index in [-0.39, 0.29) is 11.7 Å². The van der Waals surface area contributed by atoms with Gasteiger partial charge >= 0.3 is 0 Å². The summed E-state index contributed by atoms with van der Waals surface area (Å²) in [5, 5.41) is 12.2. The number of nitrogens with zero attached hydrogens (tertiary/aromatic N) is 2. The van der Waals surface area contributed by atoms with E-state index in [9.17, 15) is 9.18 Å². The first kappa shape index (κ1) is 13.2. The van der Waals surface area contributed by atoms with Crippen LogP contribution in [0.3, 0.4) is 0 Å². The minimum absolute atomic E-state index is 0.0806. The highest BCUT2D eigenvalue weighted by Crippen LogP contribution is 2.49. The van der Waals surface area contributed by atoms with Gasteiger partial charge in [-0.2, -0.15) is 0 Å². The van der Waals surface area contributed by atoms with Crippen molar-refractivity contribution in [2.75, 3.05) is 5.32 Å². The van der Waals surface area contributed by atoms with Crippen molar-refractivity contribution in [2.24, 2.45) is 0 Å². The second kappa shape index (κ2) is 4.94. The average molecular weight is 291 g/mol. The molecule has 1 fully saturated rings. The minimum atomic E-state index is -0.522. The molecule has 1 N–H and O–H groups in total. The largest absolute Gasteiger partial charge is 0.300 e. The van der Waals surface area contributed by atoms with Gasteiger partial charge in [0.1, 0.15) is 10.8 Å². The minimum Gasteiger partial charge on any atom is -0.300 e. The normalized spacial score (nSPS) is 15.9. The number of aryl methyl sites for hydroxylation is 1. The van der Waals surface area contributed by atoms with E-state index in [1.807, 2.05) is 6.92 Å². The average Bonchev–Trinajstić information content (AvgIpc) is 3.14. The van der Waals surface area contributed by atoms with Crippen molar-refractivity contribution in [1.29, 1.82) is 0 Å². The topological polar surface area (TPSA) is 54.9 Å². The SMILES string of the molecule is CCc1nnc(NC(=O)C2(c3ccc(F)cc3)CC2)s1. The molecule has 1 amide bonds. The van der Waals surface area contributed by atoms with Crippen molar-refractivity contribution in [3.63, 3.8) is 0 Å². The van der Waals surface area contributed by atoms with Crippen LogP contribution in [0.15, 0.2) is 24.3 Å². The van der Waals surface area contributed by atoms with E-state index in [1.54, 1.807) is 12.1 Å². The van der Waals surface area contributed by atoms with Gasteiger partial charge in [0.25, 0.3) is 0 Å². The smallest absolute Gasteiger partial charge is 0.236 e. The Labute approximate surface area is 120 Å². The number of rotatable bonds is 4. The molecule has 3 rings (SSSR count). The molecule has 0 unspecified atom stereocenters. The molecule has 20 heavy (non-hydrogen) atoms. The number of hydrogen-bond donors (Lipinski definition) is 1. The Morgan fingerprint density at radius 3 is 2.60 bits per heavy atom. The molecule has 1 saturated carbocycles. The molecule has 0 spiro atoms. The first-order chi connectivity index (χ1) is 9.64. The number of carbonyl (C=O) groups excluding carboxylic acids is 1. The lowest BCUT2D eigenvalue weighted by atomic mass is 9.95. The van der Waals surface area contributed by atoms with Crippen molar-refractivity contribution in [3.05, 3.63) is 40.7 Å². The van der Waals surface area contributed by atoms with Gasteiger partial charge in [0.05, 0.1) is 5.41 Å². The quantitative estimate of drug-likeness (QED) is 0.942. The predicted octanol–water partition coefficient (Wildman–Crippen LogP) is 2.91. The van der Waals surface area contributed by atoms with Crippen LogP contribution in [0.5, 0.6) is 0 Å². The monoisotopic (exact) mass is 291 g/mol. The molecule has 0 bridgehead atoms. The van der Waals surface area contributed by atoms with Gasteiger partial charge in [-0.25, -0.2) is 4.39 Å². The first-order valence-electron chi connectivity index (χ1n) is 6.54. The van der Waals surface area contributed by atoms with Crippen molar-refractivity contribution in [2.45, 2.75) is 31.6 Å². The van der Waals surface area contributed by atoms with Gasteiger partial charge in [-0.1, -0.05) is 30.4 Å². The zero-order valence-corrected chi connectivity index (χ0v) is 11.8. The number of nitrogens with one attached hydrogen (secondary N) is 1. The summed E-state index contributed by atoms with van der Waals surface area (Å²) in [4.78, 5) is 12.4. The van der Waals surface area contributed by atoms with Crippen LogP contribution in [-0.4, -0.2) is 16.1 Å². The van der Waals surface area contributed by atoms with Crippen molar-refractivity contribution in [1.82, 2.24) is 10.2 Å². The number of hydrogen-bond acceptors (Lipinski definition) is 4. The molecule has 1 aromatic carbocycles. The van der Waals surface area contributed by atoms with Gasteiger partial charge in [-0.15, -0.1) is 10.2 Å². The Morgan fingerprint density at radius 2 is 2.05 bits per heavy atom. The lowest BCUT2D eigenvalue weighted by Gasteiger charge is -2.14. The van der Waals surface area contributed by atoms with Crippen molar-refractivity contribution in [3.8, 4) is 0 Å². The molecule has 1 aliphatic carbocycles. The molecule has 1 aliphatic rings. The first-order valence-corrected chi connectivity index (χ1v) is 7.35. The van der Waals surface area contributed by atoms with Gasteiger partial charge in [-0.05, 0) is 37.0 Å². The standard InChI is InChI=1S/C14H14FN3OS/c1-2-11-17-18-13(20-11)16-12(19)14(7-8-14)9-3-5-10(15)6-4-9/h3-6H,2,7-8H2,1H3,(H,16,18,19). The van der Waals surface area contributed by atoms with Gasteiger partial charge in [-0.3, -0.25) is 10.1 Å². The molecule has 1 heterocycles. The number of halogens is 1. The maximum Gasteiger partial charge on any atom is 0.236 e. The fourth-order valence-electron chi connectivity index (χ4n) is 2.20. The van der Waals surface area contributed by atoms with Crippen molar-refractivity contribution < 1.29 is 9.18 Å². The summed E-state index contributed by atoms with van der Waals surface area (Å²) in [6.45, 7) is 1.99. The molecule has 0 radical (unpaired) electrons. The molecular formula is C14H14FN3OS. The Hall–Kier alpha value is -1.82. The van der Waals surface area contributed by atoms with Crippen LogP contribution < -0.4 is 5.32 Å². The lowest BCUT2D eigenvalue weighted by molar-refractivity contribution is -0.118. The van der Waals surface area contributed by atoms with Crippen LogP contribution in [0.4, 0.5) is 9.52 Å². The van der Waals surface area contributed by atoms with E-state index in [0.717, 1.165) is 29.8 Å². The predicted molar refractivity (Wildman–Crippen MR) is 75.2 cm³/mol. The third-order valence-corrected chi connectivity index (χ3v) is 4.55. The number of carbonyl (C=O) groups is 1. The fraction of sp³-hybridized carbons (Fsp3) is 0.357. The molecule has 0 saturated heterocycles. The van der Waals surface area contributed by atoms with Crippen LogP contribution in [0, 0.1) is 5.82 Å². The Bertz CT molecular complexity index is 634. The highest BCUT2D eigenvalue weighted by Gasteiger charge is 2.51. The van der Waals surface area contributed by atoms with E-state index in [1.165, 1.54) is 23.5 Å². The highest BCUT2D eigenvalue weighted by molar-refractivity contribution is 7.15. The summed E-state index contributed by atoms with van der Waals surface area (Å²) in [5.41, 5.74) is 0.336. The molecular weight excluding hydrogens is 277 g/mol. The third kappa shape index (κ3) is 2.31. The summed E-state index contributed by atoms with van der Waals surface area (Å²) in [5.74, 6) is -0.371. The number of amides is 1. The zero-order valence-electron chi connectivity index (χ0n) is 11.0. The Morgan fingerprint density at radius 1 is 1.35 bits per heavy atom. The maximum absolute atomic E-state index is 13.0. The van der Waals surface area contributed by atoms with Crippen LogP contribution in [0.2, 0.25) is 0 Å². The molecule has 4 nitrogen and oxygen atoms in total. The molecule has 2 aromatic rings. The van der Waals surface area contributed by atoms with E-state index in [0.29, 0.717) is 5.13 Å². The number of benzene rings is 1. The summed E-state index contributed by atoms with van der Waals surface area (Å²) >= 11 is 1.39. The van der Waals surface area contributed by atoms with Gasteiger partial charge in [0, 0.05) is 0 Å². The van der Waals surface area contributed by atoms with Gasteiger partial charge in [0.15, 0.2) is 0 Å². The molecule has 0 aliphatic heterocycles. The van der Waals surface area contributed by atoms with E-state index in [4.69, 9.17) is 0 Å². The number of aromatic nitrogens is 2. The molecule has 1 aromatic heterocycles. The highest BCUT2D eigenvalue weighted by atomic mass is 32.1. The summed E-state index contributed by atoms with van der Waals surface area (Å²) in [7, 11) is 0. The lowest BCUT2D eigenvalue weighted by Crippen LogP contribution is -2.27. The van der Waals surface area contributed by atoms with Gasteiger partial charge in [0.2, 0.25) is 11.0 Å². The van der Waals surface area contributed by atoms with Crippen LogP contribution >= 0.6 is 11.3 Å². The Kier molecular flexibility index (Phi) is 3.25. The van der Waals surface area contributed by atoms with Crippen LogP contribution in [0.25, 0.3) is 0 Å². The molecule has 6 heteroatoms. The summed E-state index contributed by atoms with van der Waals surface area (Å²) in [6, 6.07) is 6.14. The summed E-state index contributed by atoms with van der Waals surface area (Å²) < 4.78 is 13.0. The second-order valence-corrected chi connectivity index (χ2v) is 5.96. The third-order valence-electron chi connectivity index (χ3n) is 3.57. The van der Waals surface area contributed by atoms with Crippen LogP contribution in [0.1, 0.15) is 30.3 Å². The number of anilines is 1. The van der Waals surface area contributed by atoms with E-state index in [2.05, 4.69) is 15.5 Å². The molecule has 0 atom stereocenters. The zero-order chi connectivity index (χ0) is 14.2. The second-order valence-electron chi connectivity index (χ2n) is 4.90. The van der Waals surface area contributed by atoms with E-state index >= 15 is 0 Å². The molecule has 104 valence electrons. The summed E-state index contributed by atoms with van der Waals surface area (Å²) in [6.07, 6.45) is 2.37. The van der Waals surface area contributed by atoms with Crippen molar-refractivity contribution >= 4 is 22.4 Å².